The predicted molar refractivity (Wildman–Crippen MR) is 101 cm³/mol. The van der Waals surface area contributed by atoms with Crippen molar-refractivity contribution in [3.63, 3.8) is 0 Å². The summed E-state index contributed by atoms with van der Waals surface area (Å²) in [6.45, 7) is 2.03. The van der Waals surface area contributed by atoms with E-state index < -0.39 is 18.1 Å². The average Bonchev–Trinajstić information content (AvgIpc) is 3.02. The third kappa shape index (κ3) is 4.47. The van der Waals surface area contributed by atoms with Crippen molar-refractivity contribution in [2.75, 3.05) is 0 Å². The summed E-state index contributed by atoms with van der Waals surface area (Å²) in [5.41, 5.74) is 6.63. The van der Waals surface area contributed by atoms with Crippen LogP contribution in [-0.4, -0.2) is 46.8 Å². The van der Waals surface area contributed by atoms with Gasteiger partial charge in [-0.2, -0.15) is 0 Å². The van der Waals surface area contributed by atoms with Gasteiger partial charge in [0.05, 0.1) is 6.04 Å². The smallest absolute Gasteiger partial charge is 0.246 e. The number of carbonyl (C=O) groups is 3. The molecule has 4 atom stereocenters. The van der Waals surface area contributed by atoms with Crippen molar-refractivity contribution >= 4 is 17.7 Å². The van der Waals surface area contributed by atoms with Crippen molar-refractivity contribution in [1.82, 2.24) is 15.5 Å². The van der Waals surface area contributed by atoms with Gasteiger partial charge in [0.1, 0.15) is 12.1 Å². The van der Waals surface area contributed by atoms with Crippen molar-refractivity contribution in [1.29, 1.82) is 0 Å². The molecule has 27 heavy (non-hydrogen) atoms. The third-order valence-electron chi connectivity index (χ3n) is 5.43. The maximum Gasteiger partial charge on any atom is 0.246 e. The zero-order chi connectivity index (χ0) is 19.4. The van der Waals surface area contributed by atoms with E-state index in [1.807, 2.05) is 30.3 Å². The fourth-order valence-electron chi connectivity index (χ4n) is 3.96. The average molecular weight is 372 g/mol. The second-order valence-electron chi connectivity index (χ2n) is 7.48. The molecule has 0 spiro atoms. The standard InChI is InChI=1S/C20H28N4O3/c1-13(21)18(25)23-16-9-5-8-15-10-11-17(24(15)20(16)27)19(26)22-12-14-6-3-2-4-7-14/h2-4,6-7,13,15-17H,5,8-12,21H2,1H3,(H,22,26)(H,23,25)/t13-,15+,16-,17-/m0/s1. The summed E-state index contributed by atoms with van der Waals surface area (Å²) in [5, 5.41) is 5.70. The Balaban J connectivity index is 1.67. The maximum absolute atomic E-state index is 13.1. The lowest BCUT2D eigenvalue weighted by Gasteiger charge is -2.30. The lowest BCUT2D eigenvalue weighted by atomic mass is 10.1. The quantitative estimate of drug-likeness (QED) is 0.707. The second kappa shape index (κ2) is 8.52. The van der Waals surface area contributed by atoms with Gasteiger partial charge in [0.15, 0.2) is 0 Å². The van der Waals surface area contributed by atoms with Gasteiger partial charge in [-0.1, -0.05) is 30.3 Å². The highest BCUT2D eigenvalue weighted by Crippen LogP contribution is 2.32. The van der Waals surface area contributed by atoms with Crippen molar-refractivity contribution in [3.05, 3.63) is 35.9 Å². The second-order valence-corrected chi connectivity index (χ2v) is 7.48. The number of benzene rings is 1. The van der Waals surface area contributed by atoms with E-state index in [2.05, 4.69) is 10.6 Å². The van der Waals surface area contributed by atoms with Crippen LogP contribution in [0.25, 0.3) is 0 Å². The molecule has 2 aliphatic heterocycles. The minimum Gasteiger partial charge on any atom is -0.350 e. The Labute approximate surface area is 159 Å². The van der Waals surface area contributed by atoms with E-state index in [-0.39, 0.29) is 23.8 Å². The van der Waals surface area contributed by atoms with E-state index in [1.54, 1.807) is 11.8 Å². The first-order chi connectivity index (χ1) is 13.0. The van der Waals surface area contributed by atoms with Crippen LogP contribution >= 0.6 is 0 Å². The molecular formula is C20H28N4O3. The van der Waals surface area contributed by atoms with Crippen LogP contribution < -0.4 is 16.4 Å². The molecule has 3 amide bonds. The zero-order valence-electron chi connectivity index (χ0n) is 15.7. The summed E-state index contributed by atoms with van der Waals surface area (Å²) < 4.78 is 0. The Morgan fingerprint density at radius 1 is 1.19 bits per heavy atom. The number of amides is 3. The molecule has 0 saturated carbocycles. The number of hydrogen-bond donors (Lipinski definition) is 3. The van der Waals surface area contributed by atoms with Crippen LogP contribution in [0.15, 0.2) is 30.3 Å². The first kappa shape index (κ1) is 19.4. The van der Waals surface area contributed by atoms with Crippen molar-refractivity contribution in [2.45, 2.75) is 69.7 Å². The molecule has 0 radical (unpaired) electrons. The summed E-state index contributed by atoms with van der Waals surface area (Å²) in [7, 11) is 0. The van der Waals surface area contributed by atoms with Crippen LogP contribution in [0.2, 0.25) is 0 Å². The molecule has 7 nitrogen and oxygen atoms in total. The lowest BCUT2D eigenvalue weighted by Crippen LogP contribution is -2.55. The molecule has 0 aromatic heterocycles. The first-order valence-electron chi connectivity index (χ1n) is 9.67. The molecule has 146 valence electrons. The molecule has 4 N–H and O–H groups in total. The molecule has 0 unspecified atom stereocenters. The predicted octanol–water partition coefficient (Wildman–Crippen LogP) is 0.678. The molecule has 1 aromatic rings. The van der Waals surface area contributed by atoms with Crippen molar-refractivity contribution < 1.29 is 14.4 Å². The van der Waals surface area contributed by atoms with E-state index in [0.717, 1.165) is 24.8 Å². The lowest BCUT2D eigenvalue weighted by molar-refractivity contribution is -0.142. The van der Waals surface area contributed by atoms with Gasteiger partial charge >= 0.3 is 0 Å². The number of nitrogens with one attached hydrogen (secondary N) is 2. The number of rotatable bonds is 5. The minimum atomic E-state index is -0.666. The molecule has 2 saturated heterocycles. The van der Waals surface area contributed by atoms with Crippen LogP contribution in [0.5, 0.6) is 0 Å². The number of nitrogens with two attached hydrogens (primary N) is 1. The fraction of sp³-hybridized carbons (Fsp3) is 0.550. The summed E-state index contributed by atoms with van der Waals surface area (Å²) in [5.74, 6) is -0.631. The highest BCUT2D eigenvalue weighted by atomic mass is 16.2. The van der Waals surface area contributed by atoms with Crippen molar-refractivity contribution in [3.8, 4) is 0 Å². The van der Waals surface area contributed by atoms with Gasteiger partial charge in [-0.25, -0.2) is 0 Å². The summed E-state index contributed by atoms with van der Waals surface area (Å²) in [6, 6.07) is 8.02. The Bertz CT molecular complexity index is 692. The number of fused-ring (bicyclic) bond motifs is 1. The van der Waals surface area contributed by atoms with Crippen molar-refractivity contribution in [2.24, 2.45) is 5.73 Å². The van der Waals surface area contributed by atoms with Gasteiger partial charge in [0.2, 0.25) is 17.7 Å². The third-order valence-corrected chi connectivity index (χ3v) is 5.43. The molecule has 2 fully saturated rings. The Morgan fingerprint density at radius 3 is 2.63 bits per heavy atom. The first-order valence-corrected chi connectivity index (χ1v) is 9.67. The molecule has 2 heterocycles. The minimum absolute atomic E-state index is 0.0715. The fourth-order valence-corrected chi connectivity index (χ4v) is 3.96. The van der Waals surface area contributed by atoms with Gasteiger partial charge in [-0.05, 0) is 44.6 Å². The van der Waals surface area contributed by atoms with Gasteiger partial charge in [-0.3, -0.25) is 14.4 Å². The van der Waals surface area contributed by atoms with Crippen LogP contribution in [0.3, 0.4) is 0 Å². The summed E-state index contributed by atoms with van der Waals surface area (Å²) in [4.78, 5) is 39.5. The molecular weight excluding hydrogens is 344 g/mol. The molecule has 0 bridgehead atoms. The van der Waals surface area contributed by atoms with Gasteiger partial charge < -0.3 is 21.3 Å². The molecule has 7 heteroatoms. The zero-order valence-corrected chi connectivity index (χ0v) is 15.7. The molecule has 3 rings (SSSR count). The van der Waals surface area contributed by atoms with Gasteiger partial charge in [0, 0.05) is 12.6 Å². The summed E-state index contributed by atoms with van der Waals surface area (Å²) in [6.07, 6.45) is 3.77. The Kier molecular flexibility index (Phi) is 6.11. The van der Waals surface area contributed by atoms with E-state index in [0.29, 0.717) is 19.4 Å². The van der Waals surface area contributed by atoms with Crippen LogP contribution in [-0.2, 0) is 20.9 Å². The SMILES string of the molecule is C[C@H](N)C(=O)N[C@H]1CCC[C@@H]2CC[C@@H](C(=O)NCc3ccccc3)N2C1=O. The Hall–Kier alpha value is -2.41. The molecule has 1 aromatic carbocycles. The summed E-state index contributed by atoms with van der Waals surface area (Å²) >= 11 is 0. The molecule has 2 aliphatic rings. The van der Waals surface area contributed by atoms with Gasteiger partial charge in [-0.15, -0.1) is 0 Å². The highest BCUT2D eigenvalue weighted by molar-refractivity contribution is 5.93. The van der Waals surface area contributed by atoms with Crippen LogP contribution in [0, 0.1) is 0 Å². The Morgan fingerprint density at radius 2 is 1.93 bits per heavy atom. The normalized spacial score (nSPS) is 26.1. The number of hydrogen-bond acceptors (Lipinski definition) is 4. The van der Waals surface area contributed by atoms with Crippen LogP contribution in [0.1, 0.15) is 44.6 Å². The van der Waals surface area contributed by atoms with E-state index >= 15 is 0 Å². The largest absolute Gasteiger partial charge is 0.350 e. The highest BCUT2D eigenvalue weighted by Gasteiger charge is 2.44. The number of nitrogens with zero attached hydrogens (tertiary/aromatic N) is 1. The van der Waals surface area contributed by atoms with E-state index in [9.17, 15) is 14.4 Å². The maximum atomic E-state index is 13.1. The van der Waals surface area contributed by atoms with E-state index in [4.69, 9.17) is 5.73 Å². The topological polar surface area (TPSA) is 105 Å². The monoisotopic (exact) mass is 372 g/mol. The molecule has 0 aliphatic carbocycles. The van der Waals surface area contributed by atoms with Crippen LogP contribution in [0.4, 0.5) is 0 Å². The van der Waals surface area contributed by atoms with Gasteiger partial charge in [0.25, 0.3) is 0 Å². The van der Waals surface area contributed by atoms with E-state index in [1.165, 1.54) is 0 Å². The number of carbonyl (C=O) groups excluding carboxylic acids is 3.